The lowest BCUT2D eigenvalue weighted by Crippen LogP contribution is -2.27. The summed E-state index contributed by atoms with van der Waals surface area (Å²) < 4.78 is 5.40. The van der Waals surface area contributed by atoms with Crippen LogP contribution in [0.3, 0.4) is 0 Å². The fourth-order valence-corrected chi connectivity index (χ4v) is 1.91. The molecule has 2 atom stereocenters. The Morgan fingerprint density at radius 2 is 1.95 bits per heavy atom. The highest BCUT2D eigenvalue weighted by Crippen LogP contribution is 2.18. The van der Waals surface area contributed by atoms with Gasteiger partial charge in [0.25, 0.3) is 0 Å². The molecule has 0 fully saturated rings. The van der Waals surface area contributed by atoms with Crippen LogP contribution in [0.15, 0.2) is 24.3 Å². The SMILES string of the molecule is CCOc1ccc(C(C)NC(=O)CCC(C)CN)cc1. The Morgan fingerprint density at radius 3 is 2.50 bits per heavy atom. The summed E-state index contributed by atoms with van der Waals surface area (Å²) in [5, 5.41) is 3.01. The molecule has 0 aliphatic rings. The highest BCUT2D eigenvalue weighted by Gasteiger charge is 2.10. The number of hydrogen-bond donors (Lipinski definition) is 2. The Morgan fingerprint density at radius 1 is 1.30 bits per heavy atom. The van der Waals surface area contributed by atoms with E-state index in [1.807, 2.05) is 38.1 Å². The zero-order valence-electron chi connectivity index (χ0n) is 12.7. The van der Waals surface area contributed by atoms with Gasteiger partial charge in [0.1, 0.15) is 5.75 Å². The van der Waals surface area contributed by atoms with Crippen LogP contribution in [0.5, 0.6) is 5.75 Å². The summed E-state index contributed by atoms with van der Waals surface area (Å²) in [5.41, 5.74) is 6.62. The molecule has 112 valence electrons. The minimum absolute atomic E-state index is 0.00589. The number of nitrogens with two attached hydrogens (primary N) is 1. The zero-order chi connectivity index (χ0) is 15.0. The number of nitrogens with one attached hydrogen (secondary N) is 1. The largest absolute Gasteiger partial charge is 0.494 e. The third-order valence-corrected chi connectivity index (χ3v) is 3.34. The Kier molecular flexibility index (Phi) is 7.09. The van der Waals surface area contributed by atoms with Crippen LogP contribution in [0.25, 0.3) is 0 Å². The average molecular weight is 278 g/mol. The molecule has 0 saturated carbocycles. The van der Waals surface area contributed by atoms with E-state index in [4.69, 9.17) is 10.5 Å². The van der Waals surface area contributed by atoms with Crippen molar-refractivity contribution in [3.8, 4) is 5.75 Å². The molecule has 1 aromatic carbocycles. The fourth-order valence-electron chi connectivity index (χ4n) is 1.91. The van der Waals surface area contributed by atoms with E-state index in [0.717, 1.165) is 17.7 Å². The third kappa shape index (κ3) is 5.61. The van der Waals surface area contributed by atoms with Gasteiger partial charge in [-0.2, -0.15) is 0 Å². The van der Waals surface area contributed by atoms with E-state index >= 15 is 0 Å². The Balaban J connectivity index is 2.45. The van der Waals surface area contributed by atoms with Crippen molar-refractivity contribution in [3.63, 3.8) is 0 Å². The van der Waals surface area contributed by atoms with Gasteiger partial charge >= 0.3 is 0 Å². The maximum atomic E-state index is 11.8. The molecule has 0 saturated heterocycles. The molecular weight excluding hydrogens is 252 g/mol. The molecule has 0 bridgehead atoms. The number of hydrogen-bond acceptors (Lipinski definition) is 3. The van der Waals surface area contributed by atoms with Crippen molar-refractivity contribution in [1.29, 1.82) is 0 Å². The maximum absolute atomic E-state index is 11.8. The molecule has 4 heteroatoms. The first-order valence-electron chi connectivity index (χ1n) is 7.29. The highest BCUT2D eigenvalue weighted by molar-refractivity contribution is 5.76. The van der Waals surface area contributed by atoms with E-state index in [1.165, 1.54) is 0 Å². The zero-order valence-corrected chi connectivity index (χ0v) is 12.7. The Bertz CT molecular complexity index is 403. The van der Waals surface area contributed by atoms with Crippen LogP contribution < -0.4 is 15.8 Å². The van der Waals surface area contributed by atoms with Gasteiger partial charge in [-0.1, -0.05) is 19.1 Å². The molecule has 0 aliphatic carbocycles. The van der Waals surface area contributed by atoms with Crippen LogP contribution in [0.1, 0.15) is 45.2 Å². The molecule has 1 rings (SSSR count). The molecule has 0 aromatic heterocycles. The molecule has 3 N–H and O–H groups in total. The minimum atomic E-state index is 0.00589. The first-order chi connectivity index (χ1) is 9.56. The minimum Gasteiger partial charge on any atom is -0.494 e. The number of carbonyl (C=O) groups is 1. The van der Waals surface area contributed by atoms with Crippen molar-refractivity contribution in [3.05, 3.63) is 29.8 Å². The lowest BCUT2D eigenvalue weighted by atomic mass is 10.0. The van der Waals surface area contributed by atoms with Gasteiger partial charge in [0.2, 0.25) is 5.91 Å². The lowest BCUT2D eigenvalue weighted by Gasteiger charge is -2.16. The van der Waals surface area contributed by atoms with Crippen LogP contribution in [-0.2, 0) is 4.79 Å². The predicted octanol–water partition coefficient (Wildman–Crippen LogP) is 2.64. The first-order valence-corrected chi connectivity index (χ1v) is 7.29. The van der Waals surface area contributed by atoms with Gasteiger partial charge in [-0.05, 0) is 50.4 Å². The molecular formula is C16H26N2O2. The van der Waals surface area contributed by atoms with Gasteiger partial charge in [-0.3, -0.25) is 4.79 Å². The van der Waals surface area contributed by atoms with Crippen molar-refractivity contribution in [2.24, 2.45) is 11.7 Å². The average Bonchev–Trinajstić information content (AvgIpc) is 2.45. The number of amides is 1. The Hall–Kier alpha value is -1.55. The van der Waals surface area contributed by atoms with Crippen molar-refractivity contribution in [2.75, 3.05) is 13.2 Å². The standard InChI is InChI=1S/C16H26N2O2/c1-4-20-15-8-6-14(7-9-15)13(3)18-16(19)10-5-12(2)11-17/h6-9,12-13H,4-5,10-11,17H2,1-3H3,(H,18,19). The lowest BCUT2D eigenvalue weighted by molar-refractivity contribution is -0.122. The van der Waals surface area contributed by atoms with Gasteiger partial charge in [-0.15, -0.1) is 0 Å². The molecule has 1 amide bonds. The smallest absolute Gasteiger partial charge is 0.220 e. The molecule has 2 unspecified atom stereocenters. The van der Waals surface area contributed by atoms with E-state index in [2.05, 4.69) is 12.2 Å². The summed E-state index contributed by atoms with van der Waals surface area (Å²) in [6.07, 6.45) is 1.36. The van der Waals surface area contributed by atoms with Crippen LogP contribution in [0.4, 0.5) is 0 Å². The predicted molar refractivity (Wildman–Crippen MR) is 81.6 cm³/mol. The van der Waals surface area contributed by atoms with Gasteiger partial charge in [-0.25, -0.2) is 0 Å². The second-order valence-corrected chi connectivity index (χ2v) is 5.17. The number of rotatable bonds is 8. The topological polar surface area (TPSA) is 64.3 Å². The fraction of sp³-hybridized carbons (Fsp3) is 0.562. The summed E-state index contributed by atoms with van der Waals surface area (Å²) in [7, 11) is 0. The molecule has 0 aliphatic heterocycles. The van der Waals surface area contributed by atoms with Gasteiger partial charge in [0, 0.05) is 6.42 Å². The van der Waals surface area contributed by atoms with E-state index in [-0.39, 0.29) is 11.9 Å². The summed E-state index contributed by atoms with van der Waals surface area (Å²) >= 11 is 0. The van der Waals surface area contributed by atoms with Crippen molar-refractivity contribution < 1.29 is 9.53 Å². The van der Waals surface area contributed by atoms with Gasteiger partial charge in [0.05, 0.1) is 12.6 Å². The molecule has 0 radical (unpaired) electrons. The molecule has 20 heavy (non-hydrogen) atoms. The van der Waals surface area contributed by atoms with Crippen LogP contribution in [-0.4, -0.2) is 19.1 Å². The number of carbonyl (C=O) groups excluding carboxylic acids is 1. The quantitative estimate of drug-likeness (QED) is 0.768. The van der Waals surface area contributed by atoms with Crippen molar-refractivity contribution in [1.82, 2.24) is 5.32 Å². The summed E-state index contributed by atoms with van der Waals surface area (Å²) in [6.45, 7) is 7.29. The first kappa shape index (κ1) is 16.5. The van der Waals surface area contributed by atoms with Crippen molar-refractivity contribution in [2.45, 2.75) is 39.7 Å². The molecule has 0 heterocycles. The van der Waals surface area contributed by atoms with E-state index in [0.29, 0.717) is 25.5 Å². The van der Waals surface area contributed by atoms with Crippen molar-refractivity contribution >= 4 is 5.91 Å². The summed E-state index contributed by atoms with van der Waals surface area (Å²) in [6, 6.07) is 7.83. The molecule has 4 nitrogen and oxygen atoms in total. The molecule has 0 spiro atoms. The maximum Gasteiger partial charge on any atom is 0.220 e. The normalized spacial score (nSPS) is 13.6. The summed E-state index contributed by atoms with van der Waals surface area (Å²) in [4.78, 5) is 11.8. The number of benzene rings is 1. The van der Waals surface area contributed by atoms with Crippen LogP contribution >= 0.6 is 0 Å². The summed E-state index contributed by atoms with van der Waals surface area (Å²) in [5.74, 6) is 1.32. The van der Waals surface area contributed by atoms with E-state index in [1.54, 1.807) is 0 Å². The Labute approximate surface area is 121 Å². The van der Waals surface area contributed by atoms with Gasteiger partial charge < -0.3 is 15.8 Å². The van der Waals surface area contributed by atoms with E-state index in [9.17, 15) is 4.79 Å². The van der Waals surface area contributed by atoms with Gasteiger partial charge in [0.15, 0.2) is 0 Å². The third-order valence-electron chi connectivity index (χ3n) is 3.34. The second-order valence-electron chi connectivity index (χ2n) is 5.17. The monoisotopic (exact) mass is 278 g/mol. The van der Waals surface area contributed by atoms with E-state index < -0.39 is 0 Å². The second kappa shape index (κ2) is 8.59. The van der Waals surface area contributed by atoms with Crippen LogP contribution in [0, 0.1) is 5.92 Å². The number of ether oxygens (including phenoxy) is 1. The molecule has 1 aromatic rings. The highest BCUT2D eigenvalue weighted by atomic mass is 16.5. The van der Waals surface area contributed by atoms with Crippen LogP contribution in [0.2, 0.25) is 0 Å².